The lowest BCUT2D eigenvalue weighted by Crippen LogP contribution is -2.07. The van der Waals surface area contributed by atoms with Crippen LogP contribution in [0.1, 0.15) is 5.56 Å². The van der Waals surface area contributed by atoms with Crippen molar-refractivity contribution in [1.82, 2.24) is 0 Å². The van der Waals surface area contributed by atoms with Crippen molar-refractivity contribution in [3.05, 3.63) is 28.0 Å². The molecule has 80 valence electrons. The van der Waals surface area contributed by atoms with Crippen LogP contribution in [0.15, 0.2) is 16.6 Å². The Morgan fingerprint density at radius 2 is 1.71 bits per heavy atom. The van der Waals surface area contributed by atoms with Crippen molar-refractivity contribution in [3.63, 3.8) is 0 Å². The summed E-state index contributed by atoms with van der Waals surface area (Å²) >= 11 is 2.65. The first-order chi connectivity index (χ1) is 5.82. The third-order valence-electron chi connectivity index (χ3n) is 1.39. The molecular weight excluding hydrogens is 289 g/mol. The summed E-state index contributed by atoms with van der Waals surface area (Å²) in [5.74, 6) is -1.07. The molecule has 0 spiro atoms. The molecule has 0 radical (unpaired) electrons. The van der Waals surface area contributed by atoms with Gasteiger partial charge in [0.15, 0.2) is 0 Å². The number of nitrogens with two attached hydrogens (primary N) is 1. The Morgan fingerprint density at radius 3 is 2.14 bits per heavy atom. The van der Waals surface area contributed by atoms with E-state index >= 15 is 0 Å². The Labute approximate surface area is 91.8 Å². The first kappa shape index (κ1) is 13.5. The van der Waals surface area contributed by atoms with Crippen LogP contribution in [-0.4, -0.2) is 0 Å². The predicted molar refractivity (Wildman–Crippen MR) is 50.8 cm³/mol. The highest BCUT2D eigenvalue weighted by atomic mass is 79.9. The highest BCUT2D eigenvalue weighted by Crippen LogP contribution is 2.36. The summed E-state index contributed by atoms with van der Waals surface area (Å²) in [6, 6.07) is 1.25. The molecular formula is C7H5BrClF4N. The maximum Gasteiger partial charge on any atom is 0.417 e. The molecule has 14 heavy (non-hydrogen) atoms. The van der Waals surface area contributed by atoms with E-state index in [2.05, 4.69) is 15.9 Å². The van der Waals surface area contributed by atoms with Crippen LogP contribution in [0.3, 0.4) is 0 Å². The lowest BCUT2D eigenvalue weighted by molar-refractivity contribution is -0.138. The Bertz CT molecular complexity index is 339. The molecule has 1 nitrogen and oxygen atoms in total. The minimum Gasteiger partial charge on any atom is -0.396 e. The van der Waals surface area contributed by atoms with Gasteiger partial charge in [0.1, 0.15) is 5.82 Å². The van der Waals surface area contributed by atoms with Crippen molar-refractivity contribution >= 4 is 34.0 Å². The summed E-state index contributed by atoms with van der Waals surface area (Å²) in [7, 11) is 0. The van der Waals surface area contributed by atoms with Crippen LogP contribution < -0.4 is 5.73 Å². The van der Waals surface area contributed by atoms with Gasteiger partial charge in [-0.15, -0.1) is 12.4 Å². The van der Waals surface area contributed by atoms with Gasteiger partial charge in [-0.2, -0.15) is 13.2 Å². The molecule has 0 saturated heterocycles. The van der Waals surface area contributed by atoms with Gasteiger partial charge in [0, 0.05) is 4.47 Å². The molecule has 0 atom stereocenters. The van der Waals surface area contributed by atoms with E-state index in [-0.39, 0.29) is 22.6 Å². The van der Waals surface area contributed by atoms with Gasteiger partial charge in [0.2, 0.25) is 0 Å². The van der Waals surface area contributed by atoms with Gasteiger partial charge >= 0.3 is 6.18 Å². The number of rotatable bonds is 0. The van der Waals surface area contributed by atoms with E-state index < -0.39 is 17.6 Å². The largest absolute Gasteiger partial charge is 0.417 e. The van der Waals surface area contributed by atoms with Gasteiger partial charge in [0.25, 0.3) is 0 Å². The van der Waals surface area contributed by atoms with Crippen molar-refractivity contribution in [2.75, 3.05) is 5.73 Å². The SMILES string of the molecule is Cl.Nc1cc(Br)c(C(F)(F)F)cc1F. The fourth-order valence-corrected chi connectivity index (χ4v) is 1.37. The third kappa shape index (κ3) is 2.75. The number of hydrogen-bond donors (Lipinski definition) is 1. The topological polar surface area (TPSA) is 26.0 Å². The number of benzene rings is 1. The second-order valence-corrected chi connectivity index (χ2v) is 3.21. The van der Waals surface area contributed by atoms with E-state index in [1.54, 1.807) is 0 Å². The molecule has 0 aliphatic carbocycles. The molecule has 0 amide bonds. The van der Waals surface area contributed by atoms with Crippen LogP contribution in [0.5, 0.6) is 0 Å². The van der Waals surface area contributed by atoms with E-state index in [0.29, 0.717) is 6.07 Å². The maximum atomic E-state index is 12.6. The van der Waals surface area contributed by atoms with Gasteiger partial charge in [-0.1, -0.05) is 15.9 Å². The summed E-state index contributed by atoms with van der Waals surface area (Å²) < 4.78 is 48.7. The van der Waals surface area contributed by atoms with Gasteiger partial charge in [-0.3, -0.25) is 0 Å². The van der Waals surface area contributed by atoms with Gasteiger partial charge in [-0.05, 0) is 12.1 Å². The van der Waals surface area contributed by atoms with Crippen LogP contribution >= 0.6 is 28.3 Å². The Kier molecular flexibility index (Phi) is 4.20. The Hall–Kier alpha value is -0.490. The van der Waals surface area contributed by atoms with E-state index in [1.807, 2.05) is 0 Å². The van der Waals surface area contributed by atoms with Gasteiger partial charge < -0.3 is 5.73 Å². The van der Waals surface area contributed by atoms with Crippen molar-refractivity contribution < 1.29 is 17.6 Å². The number of halogens is 6. The quantitative estimate of drug-likeness (QED) is 0.574. The molecule has 1 aromatic carbocycles. The molecule has 1 rings (SSSR count). The van der Waals surface area contributed by atoms with Crippen molar-refractivity contribution in [3.8, 4) is 0 Å². The zero-order valence-electron chi connectivity index (χ0n) is 6.53. The van der Waals surface area contributed by atoms with E-state index in [0.717, 1.165) is 6.07 Å². The lowest BCUT2D eigenvalue weighted by atomic mass is 10.2. The number of alkyl halides is 3. The minimum absolute atomic E-state index is 0. The minimum atomic E-state index is -4.58. The van der Waals surface area contributed by atoms with E-state index in [4.69, 9.17) is 5.73 Å². The molecule has 0 unspecified atom stereocenters. The second-order valence-electron chi connectivity index (χ2n) is 2.35. The second kappa shape index (κ2) is 4.35. The fraction of sp³-hybridized carbons (Fsp3) is 0.143. The maximum absolute atomic E-state index is 12.6. The number of anilines is 1. The average Bonchev–Trinajstić information content (AvgIpc) is 1.94. The molecule has 0 saturated carbocycles. The summed E-state index contributed by atoms with van der Waals surface area (Å²) in [6.07, 6.45) is -4.58. The zero-order chi connectivity index (χ0) is 10.2. The van der Waals surface area contributed by atoms with Crippen molar-refractivity contribution in [1.29, 1.82) is 0 Å². The number of nitrogen functional groups attached to an aromatic ring is 1. The van der Waals surface area contributed by atoms with Crippen molar-refractivity contribution in [2.24, 2.45) is 0 Å². The lowest BCUT2D eigenvalue weighted by Gasteiger charge is -2.09. The molecule has 1 aromatic rings. The van der Waals surface area contributed by atoms with Crippen LogP contribution in [0.2, 0.25) is 0 Å². The first-order valence-electron chi connectivity index (χ1n) is 3.14. The summed E-state index contributed by atoms with van der Waals surface area (Å²) in [5.41, 5.74) is 3.67. The van der Waals surface area contributed by atoms with Gasteiger partial charge in [-0.25, -0.2) is 4.39 Å². The molecule has 7 heteroatoms. The van der Waals surface area contributed by atoms with Crippen LogP contribution in [0, 0.1) is 5.82 Å². The molecule has 0 aromatic heterocycles. The normalized spacial score (nSPS) is 10.9. The van der Waals surface area contributed by atoms with Crippen LogP contribution in [0.4, 0.5) is 23.2 Å². The average molecular weight is 294 g/mol. The highest BCUT2D eigenvalue weighted by Gasteiger charge is 2.33. The third-order valence-corrected chi connectivity index (χ3v) is 2.05. The number of hydrogen-bond acceptors (Lipinski definition) is 1. The molecule has 0 bridgehead atoms. The molecule has 0 aliphatic rings. The predicted octanol–water partition coefficient (Wildman–Crippen LogP) is 3.61. The Morgan fingerprint density at radius 1 is 1.21 bits per heavy atom. The zero-order valence-corrected chi connectivity index (χ0v) is 8.93. The first-order valence-corrected chi connectivity index (χ1v) is 3.93. The summed E-state index contributed by atoms with van der Waals surface area (Å²) in [6.45, 7) is 0. The summed E-state index contributed by atoms with van der Waals surface area (Å²) in [4.78, 5) is 0. The van der Waals surface area contributed by atoms with E-state index in [9.17, 15) is 17.6 Å². The van der Waals surface area contributed by atoms with Gasteiger partial charge in [0.05, 0.1) is 11.3 Å². The Balaban J connectivity index is 0.00000169. The molecule has 0 aliphatic heterocycles. The fourth-order valence-electron chi connectivity index (χ4n) is 0.779. The molecule has 0 heterocycles. The standard InChI is InChI=1S/C7H4BrF4N.ClH/c8-4-2-6(13)5(9)1-3(4)7(10,11)12;/h1-2H,13H2;1H. The smallest absolute Gasteiger partial charge is 0.396 e. The highest BCUT2D eigenvalue weighted by molar-refractivity contribution is 9.10. The van der Waals surface area contributed by atoms with E-state index in [1.165, 1.54) is 0 Å². The molecule has 0 fully saturated rings. The van der Waals surface area contributed by atoms with Crippen molar-refractivity contribution in [2.45, 2.75) is 6.18 Å². The molecule has 2 N–H and O–H groups in total. The monoisotopic (exact) mass is 293 g/mol. The summed E-state index contributed by atoms with van der Waals surface area (Å²) in [5, 5.41) is 0. The van der Waals surface area contributed by atoms with Crippen LogP contribution in [-0.2, 0) is 6.18 Å². The van der Waals surface area contributed by atoms with Crippen LogP contribution in [0.25, 0.3) is 0 Å².